The van der Waals surface area contributed by atoms with E-state index in [0.29, 0.717) is 0 Å². The predicted molar refractivity (Wildman–Crippen MR) is 345 cm³/mol. The van der Waals surface area contributed by atoms with Crippen molar-refractivity contribution in [2.75, 3.05) is 39.6 Å². The number of carboxylic acid groups (broad SMARTS) is 4. The van der Waals surface area contributed by atoms with E-state index in [1.807, 2.05) is 0 Å². The lowest BCUT2D eigenvalue weighted by molar-refractivity contribution is -0.382. The molecule has 9 heterocycles. The maximum absolute atomic E-state index is 13.1. The summed E-state index contributed by atoms with van der Waals surface area (Å²) in [5.74, 6) is -11.2. The second-order valence-electron chi connectivity index (χ2n) is 28.0. The van der Waals surface area contributed by atoms with Crippen molar-refractivity contribution in [3.05, 3.63) is 0 Å². The van der Waals surface area contributed by atoms with Crippen LogP contribution in [0, 0.1) is 0 Å². The number of carboxylic acids is 4. The molecule has 0 aromatic carbocycles. The molecular weight excluding hydrogens is 1620 g/mol. The number of aliphatic hydroxyl groups is 20. The average molecular weight is 1720 g/mol. The molecule has 0 radical (unpaired) electrons. The third-order valence-electron chi connectivity index (χ3n) is 20.1. The van der Waals surface area contributed by atoms with Crippen LogP contribution in [0.4, 0.5) is 0 Å². The van der Waals surface area contributed by atoms with Crippen molar-refractivity contribution in [2.24, 2.45) is 0 Å². The molecule has 0 bridgehead atoms. The van der Waals surface area contributed by atoms with Crippen LogP contribution in [0.15, 0.2) is 0 Å². The summed E-state index contributed by atoms with van der Waals surface area (Å²) in [6, 6.07) is -8.46. The highest BCUT2D eigenvalue weighted by molar-refractivity contribution is 7.83. The van der Waals surface area contributed by atoms with Crippen LogP contribution in [0.5, 0.6) is 0 Å². The Balaban J connectivity index is 0.867. The van der Waals surface area contributed by atoms with Gasteiger partial charge in [0.1, 0.15) is 195 Å². The zero-order valence-corrected chi connectivity index (χ0v) is 61.2. The molecule has 9 saturated heterocycles. The van der Waals surface area contributed by atoms with Crippen LogP contribution in [0.2, 0.25) is 0 Å². The molecule has 55 nitrogen and oxygen atoms in total. The highest BCUT2D eigenvalue weighted by atomic mass is 32.2. The van der Waals surface area contributed by atoms with Gasteiger partial charge in [0.25, 0.3) is 0 Å². The van der Waals surface area contributed by atoms with Gasteiger partial charge in [0, 0.05) is 20.8 Å². The third-order valence-corrected chi connectivity index (χ3v) is 20.7. The number of nitrogens with one attached hydrogen (secondary N) is 4. The van der Waals surface area contributed by atoms with Crippen LogP contribution in [0.3, 0.4) is 0 Å². The van der Waals surface area contributed by atoms with Crippen molar-refractivity contribution in [3.63, 3.8) is 0 Å². The lowest BCUT2D eigenvalue weighted by Crippen LogP contribution is -2.71. The molecule has 666 valence electrons. The van der Waals surface area contributed by atoms with E-state index in [1.54, 1.807) is 0 Å². The highest BCUT2D eigenvalue weighted by Crippen LogP contribution is 2.40. The standard InChI is InChI=1S/C60H94N4O51S/c1-10(71)61-19-25(76)23(74)13(4-65)100-53(19)108-41-29(80)34(85)58(113-45(41)49(88)89)105-38-16(7-68)101-54(20(26(38)77)62-11(2)72)109-42-30(81)35(86)59(114-46(42)50(90)91)106-39-17(8-69)102-55(21(27(39)78)63-12(3)73)110-43-31(82)36(87)60(115-47(43)51(92)93)107-40-18(9-70)103-56(22(28(40)79)64-116(96,97)98)111-44-32(83)33(84)57(112-48(44)52(94)95)104-37-15(6-67)99-14(5-66)24(37)75/h13-48,53-60,64-70,74-87H,4-9H2,1-3H3,(H,61,71)(H,62,72)(H,63,73)(H,88,89)(H,90,91)(H,92,93)(H,94,95)(H,96,97,98)/t13-,14-,15-,16-,17-,18-,19-,20-,21-,22-,23-,24-,25-,26-,27-,28-,29-,30-,31-,32-,33-,34-,35-,36-,37-,38-,39-,40-,41+,42+,43+,44+,45+,46+,47+,48+,53-,54-,55-,56-,57-,58-,59-,60-/m1/s1. The van der Waals surface area contributed by atoms with Gasteiger partial charge < -0.3 is 219 Å². The Hall–Kier alpha value is -5.32. The zero-order chi connectivity index (χ0) is 86.0. The maximum Gasteiger partial charge on any atom is 0.335 e. The number of carbonyl (C=O) groups is 7. The Bertz CT molecular complexity index is 3440. The summed E-state index contributed by atoms with van der Waals surface area (Å²) in [4.78, 5) is 89.2. The molecule has 44 atom stereocenters. The summed E-state index contributed by atoms with van der Waals surface area (Å²) in [7, 11) is -5.60. The van der Waals surface area contributed by atoms with Gasteiger partial charge in [0.15, 0.2) is 74.7 Å². The Morgan fingerprint density at radius 1 is 0.267 bits per heavy atom. The molecule has 9 aliphatic heterocycles. The number of carbonyl (C=O) groups excluding carboxylic acids is 3. The van der Waals surface area contributed by atoms with Crippen LogP contribution in [0.25, 0.3) is 0 Å². The van der Waals surface area contributed by atoms with Crippen molar-refractivity contribution in [1.82, 2.24) is 20.7 Å². The summed E-state index contributed by atoms with van der Waals surface area (Å²) >= 11 is 0. The average Bonchev–Trinajstić information content (AvgIpc) is 0.860. The number of aliphatic hydroxyl groups excluding tert-OH is 20. The number of hydrogen-bond donors (Lipinski definition) is 29. The van der Waals surface area contributed by atoms with Crippen LogP contribution < -0.4 is 20.7 Å². The maximum atomic E-state index is 13.1. The van der Waals surface area contributed by atoms with E-state index < -0.39 is 361 Å². The molecular formula is C60H94N4O51S. The minimum atomic E-state index is -5.60. The van der Waals surface area contributed by atoms with Gasteiger partial charge in [-0.2, -0.15) is 13.1 Å². The fourth-order valence-corrected chi connectivity index (χ4v) is 15.0. The fraction of sp³-hybridized carbons (Fsp3) is 0.883. The molecule has 29 N–H and O–H groups in total. The zero-order valence-electron chi connectivity index (χ0n) is 60.3. The molecule has 9 rings (SSSR count). The predicted octanol–water partition coefficient (Wildman–Crippen LogP) is -19.7. The Kier molecular flexibility index (Phi) is 32.3. The first-order chi connectivity index (χ1) is 54.4. The highest BCUT2D eigenvalue weighted by Gasteiger charge is 2.63. The van der Waals surface area contributed by atoms with E-state index in [-0.39, 0.29) is 0 Å². The molecule has 9 aliphatic rings. The molecule has 0 unspecified atom stereocenters. The topological polar surface area (TPSA) is 864 Å². The van der Waals surface area contributed by atoms with Crippen LogP contribution in [-0.4, -0.2) is 487 Å². The minimum Gasteiger partial charge on any atom is -0.479 e. The van der Waals surface area contributed by atoms with Crippen molar-refractivity contribution in [1.29, 1.82) is 0 Å². The second kappa shape index (κ2) is 39.7. The van der Waals surface area contributed by atoms with Crippen molar-refractivity contribution >= 4 is 51.9 Å². The lowest BCUT2D eigenvalue weighted by Gasteiger charge is -2.50. The van der Waals surface area contributed by atoms with Gasteiger partial charge in [0.05, 0.1) is 39.6 Å². The van der Waals surface area contributed by atoms with Crippen molar-refractivity contribution in [3.8, 4) is 0 Å². The molecule has 56 heteroatoms. The fourth-order valence-electron chi connectivity index (χ4n) is 14.4. The van der Waals surface area contributed by atoms with E-state index >= 15 is 0 Å². The first-order valence-electron chi connectivity index (χ1n) is 35.2. The molecule has 0 aliphatic carbocycles. The van der Waals surface area contributed by atoms with E-state index in [9.17, 15) is 169 Å². The SMILES string of the molecule is CC(=O)N[C@H]1[C@@H](O[C@H]2[C@H](O)[C@@H](O)[C@H](O[C@H]3[C@H](O)[C@@H](NS(=O)(=O)O)[C@@H](O[C@H]4[C@H](O)[C@@H](O)[C@H](O[C@H]5[C@H](O)[C@@H](CO)O[C@@H]5CO)O[C@@H]4C(=O)O)O[C@@H]3CO)O[C@@H]2C(=O)O)O[C@H](CO)[C@@H](O[C@@H]2O[C@H](C(=O)O)[C@@H](O[C@H]3O[C@H](CO)[C@@H](O[C@@H]4O[C@H](C(=O)O)[C@@H](O[C@H]5O[C@H](CO)[C@@H](O)[C@H](O)[C@H]5NC(C)=O)[C@H](O)[C@H]4O)[C@H](O)[C@H]3NC(C)=O)[C@H](O)[C@H]2O)[C@@H]1O. The smallest absolute Gasteiger partial charge is 0.335 e. The summed E-state index contributed by atoms with van der Waals surface area (Å²) in [6.45, 7) is -4.00. The normalized spacial score (nSPS) is 46.9. The number of rotatable bonds is 31. The van der Waals surface area contributed by atoms with Gasteiger partial charge in [0.2, 0.25) is 17.7 Å². The summed E-state index contributed by atoms with van der Waals surface area (Å²) in [6.07, 6.45) is -90.9. The third kappa shape index (κ3) is 20.5. The van der Waals surface area contributed by atoms with E-state index in [0.717, 1.165) is 20.8 Å². The largest absolute Gasteiger partial charge is 0.479 e. The minimum absolute atomic E-state index is 0.820. The Morgan fingerprint density at radius 2 is 0.483 bits per heavy atom. The molecule has 0 saturated carbocycles. The van der Waals surface area contributed by atoms with E-state index in [4.69, 9.17) is 80.5 Å². The van der Waals surface area contributed by atoms with E-state index in [2.05, 4.69) is 16.0 Å². The molecule has 0 aromatic rings. The quantitative estimate of drug-likeness (QED) is 0.0287. The van der Waals surface area contributed by atoms with Gasteiger partial charge in [-0.3, -0.25) is 18.9 Å². The molecule has 9 fully saturated rings. The first-order valence-corrected chi connectivity index (χ1v) is 36.7. The molecule has 0 aromatic heterocycles. The van der Waals surface area contributed by atoms with Gasteiger partial charge in [-0.1, -0.05) is 0 Å². The summed E-state index contributed by atoms with van der Waals surface area (Å²) in [5, 5.41) is 268. The Labute approximate surface area is 650 Å². The van der Waals surface area contributed by atoms with Crippen LogP contribution >= 0.6 is 0 Å². The van der Waals surface area contributed by atoms with E-state index in [1.165, 1.54) is 4.72 Å². The van der Waals surface area contributed by atoms with Crippen LogP contribution in [0.1, 0.15) is 20.8 Å². The van der Waals surface area contributed by atoms with Gasteiger partial charge in [-0.15, -0.1) is 0 Å². The number of hydrogen-bond acceptors (Lipinski definition) is 46. The van der Waals surface area contributed by atoms with Crippen molar-refractivity contribution < 1.29 is 250 Å². The van der Waals surface area contributed by atoms with Crippen LogP contribution in [-0.2, 0) is 124 Å². The van der Waals surface area contributed by atoms with Gasteiger partial charge >= 0.3 is 34.2 Å². The van der Waals surface area contributed by atoms with Gasteiger partial charge in [-0.25, -0.2) is 19.2 Å². The number of amides is 3. The van der Waals surface area contributed by atoms with Gasteiger partial charge in [-0.05, 0) is 0 Å². The number of ether oxygens (including phenoxy) is 17. The Morgan fingerprint density at radius 3 is 0.733 bits per heavy atom. The second-order valence-corrected chi connectivity index (χ2v) is 29.2. The summed E-state index contributed by atoms with van der Waals surface area (Å²) < 4.78 is 131. The first kappa shape index (κ1) is 94.5. The van der Waals surface area contributed by atoms with Crippen molar-refractivity contribution in [2.45, 2.75) is 291 Å². The molecule has 3 amide bonds. The summed E-state index contributed by atoms with van der Waals surface area (Å²) in [5.41, 5.74) is 0. The lowest BCUT2D eigenvalue weighted by atomic mass is 9.93. The number of aliphatic carboxylic acids is 4. The molecule has 0 spiro atoms. The molecule has 116 heavy (non-hydrogen) atoms. The monoisotopic (exact) mass is 1720 g/mol.